The van der Waals surface area contributed by atoms with Crippen LogP contribution in [0.1, 0.15) is 32.7 Å². The van der Waals surface area contributed by atoms with Crippen molar-refractivity contribution < 1.29 is 18.0 Å². The molecule has 1 aliphatic rings. The molecule has 0 radical (unpaired) electrons. The van der Waals surface area contributed by atoms with Crippen LogP contribution in [0.3, 0.4) is 0 Å². The van der Waals surface area contributed by atoms with Gasteiger partial charge in [0.15, 0.2) is 9.84 Å². The van der Waals surface area contributed by atoms with Crippen molar-refractivity contribution in [2.45, 2.75) is 19.4 Å². The van der Waals surface area contributed by atoms with Gasteiger partial charge in [0.1, 0.15) is 0 Å². The molecule has 0 saturated carbocycles. The molecular weight excluding hydrogens is 364 g/mol. The van der Waals surface area contributed by atoms with E-state index in [9.17, 15) is 18.0 Å². The molecule has 1 atom stereocenters. The Morgan fingerprint density at radius 2 is 1.78 bits per heavy atom. The fourth-order valence-electron chi connectivity index (χ4n) is 3.12. The van der Waals surface area contributed by atoms with Crippen molar-refractivity contribution in [3.05, 3.63) is 65.2 Å². The highest BCUT2D eigenvalue weighted by Crippen LogP contribution is 2.22. The minimum atomic E-state index is -3.07. The number of carbonyl (C=O) groups excluding carboxylic acids is 2. The monoisotopic (exact) mass is 386 g/mol. The second-order valence-corrected chi connectivity index (χ2v) is 9.05. The fraction of sp³-hybridized carbons (Fsp3) is 0.300. The van der Waals surface area contributed by atoms with Crippen molar-refractivity contribution in [3.8, 4) is 0 Å². The first-order valence-electron chi connectivity index (χ1n) is 8.71. The van der Waals surface area contributed by atoms with E-state index >= 15 is 0 Å². The number of hydrogen-bond acceptors (Lipinski definition) is 4. The summed E-state index contributed by atoms with van der Waals surface area (Å²) in [6.07, 6.45) is 0.452. The van der Waals surface area contributed by atoms with E-state index in [1.807, 2.05) is 13.0 Å². The average molecular weight is 386 g/mol. The van der Waals surface area contributed by atoms with Gasteiger partial charge in [-0.15, -0.1) is 0 Å². The number of nitrogens with zero attached hydrogens (tertiary/aromatic N) is 1. The van der Waals surface area contributed by atoms with Crippen LogP contribution in [0.15, 0.2) is 48.5 Å². The van der Waals surface area contributed by atoms with E-state index < -0.39 is 9.84 Å². The molecular formula is C20H22N2O4S. The summed E-state index contributed by atoms with van der Waals surface area (Å²) in [6.45, 7) is 1.85. The third-order valence-corrected chi connectivity index (χ3v) is 6.60. The molecule has 142 valence electrons. The van der Waals surface area contributed by atoms with Gasteiger partial charge in [0, 0.05) is 29.9 Å². The Hall–Kier alpha value is -2.67. The van der Waals surface area contributed by atoms with E-state index in [0.717, 1.165) is 5.56 Å². The number of aryl methyl sites for hydroxylation is 1. The van der Waals surface area contributed by atoms with Crippen LogP contribution < -0.4 is 5.32 Å². The van der Waals surface area contributed by atoms with Gasteiger partial charge >= 0.3 is 0 Å². The van der Waals surface area contributed by atoms with Crippen LogP contribution in [0, 0.1) is 6.92 Å². The number of carbonyl (C=O) groups is 2. The lowest BCUT2D eigenvalue weighted by molar-refractivity contribution is 0.0747. The SMILES string of the molecule is Cc1ccc(C(=O)N(C)C2CCS(=O)(=O)C2)cc1NC(=O)c1ccccc1. The summed E-state index contributed by atoms with van der Waals surface area (Å²) in [5.41, 5.74) is 2.33. The summed E-state index contributed by atoms with van der Waals surface area (Å²) in [5, 5.41) is 2.84. The third kappa shape index (κ3) is 4.36. The van der Waals surface area contributed by atoms with E-state index in [1.54, 1.807) is 49.5 Å². The van der Waals surface area contributed by atoms with Crippen LogP contribution in [0.2, 0.25) is 0 Å². The fourth-order valence-corrected chi connectivity index (χ4v) is 4.90. The number of anilines is 1. The molecule has 1 N–H and O–H groups in total. The summed E-state index contributed by atoms with van der Waals surface area (Å²) >= 11 is 0. The van der Waals surface area contributed by atoms with Crippen molar-refractivity contribution in [2.75, 3.05) is 23.9 Å². The molecule has 0 bridgehead atoms. The van der Waals surface area contributed by atoms with E-state index in [0.29, 0.717) is 23.2 Å². The molecule has 0 aliphatic carbocycles. The molecule has 27 heavy (non-hydrogen) atoms. The predicted octanol–water partition coefficient (Wildman–Crippen LogP) is 2.51. The van der Waals surface area contributed by atoms with E-state index in [1.165, 1.54) is 4.90 Å². The van der Waals surface area contributed by atoms with Crippen LogP contribution in [0.25, 0.3) is 0 Å². The molecule has 0 spiro atoms. The topological polar surface area (TPSA) is 83.6 Å². The van der Waals surface area contributed by atoms with Crippen LogP contribution in [-0.4, -0.2) is 49.7 Å². The standard InChI is InChI=1S/C20H22N2O4S/c1-14-8-9-16(20(24)22(2)17-10-11-27(25,26)13-17)12-18(14)21-19(23)15-6-4-3-5-7-15/h3-9,12,17H,10-11,13H2,1-2H3,(H,21,23). The quantitative estimate of drug-likeness (QED) is 0.875. The second kappa shape index (κ2) is 7.52. The van der Waals surface area contributed by atoms with Gasteiger partial charge in [-0.1, -0.05) is 24.3 Å². The van der Waals surface area contributed by atoms with Gasteiger partial charge in [-0.25, -0.2) is 8.42 Å². The van der Waals surface area contributed by atoms with Crippen LogP contribution in [-0.2, 0) is 9.84 Å². The van der Waals surface area contributed by atoms with Crippen molar-refractivity contribution >= 4 is 27.3 Å². The van der Waals surface area contributed by atoms with Crippen molar-refractivity contribution in [3.63, 3.8) is 0 Å². The lowest BCUT2D eigenvalue weighted by Crippen LogP contribution is -2.37. The van der Waals surface area contributed by atoms with Crippen LogP contribution >= 0.6 is 0 Å². The zero-order valence-electron chi connectivity index (χ0n) is 15.3. The Morgan fingerprint density at radius 1 is 1.07 bits per heavy atom. The van der Waals surface area contributed by atoms with Crippen LogP contribution in [0.4, 0.5) is 5.69 Å². The maximum absolute atomic E-state index is 12.8. The Balaban J connectivity index is 1.78. The Bertz CT molecular complexity index is 971. The summed E-state index contributed by atoms with van der Waals surface area (Å²) in [4.78, 5) is 26.7. The predicted molar refractivity (Wildman–Crippen MR) is 105 cm³/mol. The molecule has 6 nitrogen and oxygen atoms in total. The van der Waals surface area contributed by atoms with Gasteiger partial charge in [0.05, 0.1) is 11.5 Å². The summed E-state index contributed by atoms with van der Waals surface area (Å²) in [6, 6.07) is 13.6. The maximum atomic E-state index is 12.8. The van der Waals surface area contributed by atoms with Crippen molar-refractivity contribution in [2.24, 2.45) is 0 Å². The number of amides is 2. The van der Waals surface area contributed by atoms with Crippen LogP contribution in [0.5, 0.6) is 0 Å². The number of hydrogen-bond donors (Lipinski definition) is 1. The highest BCUT2D eigenvalue weighted by molar-refractivity contribution is 7.91. The lowest BCUT2D eigenvalue weighted by Gasteiger charge is -2.24. The van der Waals surface area contributed by atoms with E-state index in [4.69, 9.17) is 0 Å². The molecule has 2 aromatic rings. The number of rotatable bonds is 4. The van der Waals surface area contributed by atoms with E-state index in [-0.39, 0.29) is 29.4 Å². The first-order chi connectivity index (χ1) is 12.8. The molecule has 7 heteroatoms. The van der Waals surface area contributed by atoms with Gasteiger partial charge in [-0.05, 0) is 43.2 Å². The molecule has 1 unspecified atom stereocenters. The zero-order chi connectivity index (χ0) is 19.6. The van der Waals surface area contributed by atoms with E-state index in [2.05, 4.69) is 5.32 Å². The zero-order valence-corrected chi connectivity index (χ0v) is 16.1. The van der Waals surface area contributed by atoms with Crippen molar-refractivity contribution in [1.82, 2.24) is 4.90 Å². The number of sulfone groups is 1. The number of nitrogens with one attached hydrogen (secondary N) is 1. The first-order valence-corrected chi connectivity index (χ1v) is 10.5. The van der Waals surface area contributed by atoms with Gasteiger partial charge in [0.2, 0.25) is 0 Å². The lowest BCUT2D eigenvalue weighted by atomic mass is 10.1. The Morgan fingerprint density at radius 3 is 2.41 bits per heavy atom. The molecule has 1 heterocycles. The highest BCUT2D eigenvalue weighted by Gasteiger charge is 2.33. The summed E-state index contributed by atoms with van der Waals surface area (Å²) < 4.78 is 23.3. The van der Waals surface area contributed by atoms with Crippen molar-refractivity contribution in [1.29, 1.82) is 0 Å². The van der Waals surface area contributed by atoms with Gasteiger partial charge in [-0.3, -0.25) is 9.59 Å². The summed E-state index contributed by atoms with van der Waals surface area (Å²) in [7, 11) is -1.45. The highest BCUT2D eigenvalue weighted by atomic mass is 32.2. The normalized spacial score (nSPS) is 18.1. The Labute approximate surface area is 159 Å². The molecule has 3 rings (SSSR count). The minimum absolute atomic E-state index is 0.00129. The molecule has 2 amide bonds. The largest absolute Gasteiger partial charge is 0.338 e. The molecule has 1 saturated heterocycles. The average Bonchev–Trinajstić information content (AvgIpc) is 3.02. The number of benzene rings is 2. The Kier molecular flexibility index (Phi) is 5.32. The summed E-state index contributed by atoms with van der Waals surface area (Å²) in [5.74, 6) is -0.397. The first kappa shape index (κ1) is 19.1. The van der Waals surface area contributed by atoms with Gasteiger partial charge in [-0.2, -0.15) is 0 Å². The van der Waals surface area contributed by atoms with Gasteiger partial charge < -0.3 is 10.2 Å². The van der Waals surface area contributed by atoms with Gasteiger partial charge in [0.25, 0.3) is 11.8 Å². The maximum Gasteiger partial charge on any atom is 0.255 e. The molecule has 0 aromatic heterocycles. The minimum Gasteiger partial charge on any atom is -0.338 e. The smallest absolute Gasteiger partial charge is 0.255 e. The molecule has 1 aliphatic heterocycles. The molecule has 2 aromatic carbocycles. The molecule has 1 fully saturated rings. The third-order valence-electron chi connectivity index (χ3n) is 4.85. The second-order valence-electron chi connectivity index (χ2n) is 6.82.